The van der Waals surface area contributed by atoms with Crippen LogP contribution in [0, 0.1) is 0 Å². The Morgan fingerprint density at radius 1 is 0.897 bits per heavy atom. The fourth-order valence-electron chi connectivity index (χ4n) is 3.51. The van der Waals surface area contributed by atoms with E-state index in [0.29, 0.717) is 17.7 Å². The van der Waals surface area contributed by atoms with Gasteiger partial charge < -0.3 is 14.4 Å². The van der Waals surface area contributed by atoms with Gasteiger partial charge in [-0.3, -0.25) is 9.59 Å². The molecule has 1 aliphatic heterocycles. The molecule has 0 unspecified atom stereocenters. The lowest BCUT2D eigenvalue weighted by atomic mass is 10.1. The molecule has 29 heavy (non-hydrogen) atoms. The molecule has 0 atom stereocenters. The molecule has 0 N–H and O–H groups in total. The maximum absolute atomic E-state index is 13.4. The summed E-state index contributed by atoms with van der Waals surface area (Å²) in [7, 11) is 3.72. The second-order valence-corrected chi connectivity index (χ2v) is 7.37. The van der Waals surface area contributed by atoms with Crippen LogP contribution in [0.15, 0.2) is 79.1 Å². The summed E-state index contributed by atoms with van der Waals surface area (Å²) in [6.07, 6.45) is 5.28. The number of rotatable bonds is 4. The molecule has 0 saturated heterocycles. The summed E-state index contributed by atoms with van der Waals surface area (Å²) in [6, 6.07) is 18.9. The molecule has 4 rings (SSSR count). The first-order chi connectivity index (χ1) is 14.0. The molecule has 0 aliphatic carbocycles. The number of hydrogen-bond acceptors (Lipinski definition) is 3. The van der Waals surface area contributed by atoms with E-state index in [2.05, 4.69) is 10.6 Å². The van der Waals surface area contributed by atoms with Gasteiger partial charge in [0, 0.05) is 61.6 Å². The molecular weight excluding hydrogens is 362 g/mol. The van der Waals surface area contributed by atoms with Gasteiger partial charge in [-0.1, -0.05) is 30.3 Å². The van der Waals surface area contributed by atoms with E-state index < -0.39 is 0 Å². The third-order valence-electron chi connectivity index (χ3n) is 5.05. The van der Waals surface area contributed by atoms with Crippen molar-refractivity contribution in [2.24, 2.45) is 0 Å². The van der Waals surface area contributed by atoms with Crippen molar-refractivity contribution in [3.63, 3.8) is 0 Å². The Morgan fingerprint density at radius 2 is 1.62 bits per heavy atom. The molecular formula is C24H23N3O2. The van der Waals surface area contributed by atoms with Crippen molar-refractivity contribution in [3.8, 4) is 0 Å². The SMILES string of the molecule is CN(C)C=CC(=O)c1ccc(C(=O)N2Cc3cccn3Cc3ccccc32)cc1. The van der Waals surface area contributed by atoms with Crippen LogP contribution in [-0.2, 0) is 13.1 Å². The van der Waals surface area contributed by atoms with Gasteiger partial charge in [-0.05, 0) is 35.9 Å². The number of ketones is 1. The number of para-hydroxylation sites is 1. The van der Waals surface area contributed by atoms with Gasteiger partial charge in [0.15, 0.2) is 5.78 Å². The summed E-state index contributed by atoms with van der Waals surface area (Å²) in [5.74, 6) is -0.162. The Bertz CT molecular complexity index is 1080. The Balaban J connectivity index is 1.63. The van der Waals surface area contributed by atoms with Crippen LogP contribution in [0.1, 0.15) is 32.0 Å². The van der Waals surface area contributed by atoms with Crippen LogP contribution >= 0.6 is 0 Å². The van der Waals surface area contributed by atoms with Gasteiger partial charge in [-0.15, -0.1) is 0 Å². The number of carbonyl (C=O) groups excluding carboxylic acids is 2. The van der Waals surface area contributed by atoms with E-state index in [4.69, 9.17) is 0 Å². The minimum absolute atomic E-state index is 0.0741. The molecule has 2 heterocycles. The largest absolute Gasteiger partial charge is 0.383 e. The van der Waals surface area contributed by atoms with Crippen molar-refractivity contribution >= 4 is 17.4 Å². The highest BCUT2D eigenvalue weighted by Gasteiger charge is 2.24. The Hall–Kier alpha value is -3.60. The minimum atomic E-state index is -0.0874. The predicted molar refractivity (Wildman–Crippen MR) is 114 cm³/mol. The van der Waals surface area contributed by atoms with Crippen LogP contribution in [0.2, 0.25) is 0 Å². The van der Waals surface area contributed by atoms with E-state index in [-0.39, 0.29) is 11.7 Å². The van der Waals surface area contributed by atoms with E-state index >= 15 is 0 Å². The van der Waals surface area contributed by atoms with Crippen LogP contribution in [0.4, 0.5) is 5.69 Å². The molecule has 0 bridgehead atoms. The zero-order chi connectivity index (χ0) is 20.4. The van der Waals surface area contributed by atoms with Crippen molar-refractivity contribution in [2.45, 2.75) is 13.1 Å². The molecule has 5 heteroatoms. The Labute approximate surface area is 170 Å². The van der Waals surface area contributed by atoms with E-state index in [1.54, 1.807) is 30.5 Å². The summed E-state index contributed by atoms with van der Waals surface area (Å²) in [6.45, 7) is 1.25. The maximum atomic E-state index is 13.4. The summed E-state index contributed by atoms with van der Waals surface area (Å²) in [5.41, 5.74) is 4.25. The van der Waals surface area contributed by atoms with E-state index in [9.17, 15) is 9.59 Å². The second kappa shape index (κ2) is 7.80. The number of amides is 1. The molecule has 2 aromatic carbocycles. The summed E-state index contributed by atoms with van der Waals surface area (Å²) < 4.78 is 2.17. The first-order valence-corrected chi connectivity index (χ1v) is 9.56. The summed E-state index contributed by atoms with van der Waals surface area (Å²) in [5, 5.41) is 0. The van der Waals surface area contributed by atoms with Crippen LogP contribution in [0.3, 0.4) is 0 Å². The van der Waals surface area contributed by atoms with E-state index in [0.717, 1.165) is 23.5 Å². The van der Waals surface area contributed by atoms with Crippen LogP contribution < -0.4 is 4.90 Å². The number of allylic oxidation sites excluding steroid dienone is 1. The van der Waals surface area contributed by atoms with Crippen LogP contribution in [-0.4, -0.2) is 35.3 Å². The van der Waals surface area contributed by atoms with Crippen LogP contribution in [0.5, 0.6) is 0 Å². The number of carbonyl (C=O) groups is 2. The van der Waals surface area contributed by atoms with Gasteiger partial charge in [-0.2, -0.15) is 0 Å². The van der Waals surface area contributed by atoms with E-state index in [1.165, 1.54) is 6.08 Å². The molecule has 0 saturated carbocycles. The molecule has 1 amide bonds. The summed E-state index contributed by atoms with van der Waals surface area (Å²) >= 11 is 0. The van der Waals surface area contributed by atoms with Crippen molar-refractivity contribution in [1.29, 1.82) is 0 Å². The van der Waals surface area contributed by atoms with Gasteiger partial charge in [0.2, 0.25) is 0 Å². The Morgan fingerprint density at radius 3 is 2.38 bits per heavy atom. The highest BCUT2D eigenvalue weighted by Crippen LogP contribution is 2.29. The molecule has 3 aromatic rings. The van der Waals surface area contributed by atoms with Crippen molar-refractivity contribution in [2.75, 3.05) is 19.0 Å². The quantitative estimate of drug-likeness (QED) is 0.505. The third kappa shape index (κ3) is 3.85. The summed E-state index contributed by atoms with van der Waals surface area (Å²) in [4.78, 5) is 29.2. The van der Waals surface area contributed by atoms with Gasteiger partial charge in [-0.25, -0.2) is 0 Å². The van der Waals surface area contributed by atoms with Crippen LogP contribution in [0.25, 0.3) is 0 Å². The number of anilines is 1. The number of fused-ring (bicyclic) bond motifs is 2. The molecule has 1 aliphatic rings. The zero-order valence-corrected chi connectivity index (χ0v) is 16.6. The highest BCUT2D eigenvalue weighted by molar-refractivity contribution is 6.08. The molecule has 0 radical (unpaired) electrons. The maximum Gasteiger partial charge on any atom is 0.258 e. The molecule has 146 valence electrons. The fraction of sp³-hybridized carbons (Fsp3) is 0.167. The molecule has 1 aromatic heterocycles. The standard InChI is InChI=1S/C24H23N3O2/c1-25(2)15-13-23(28)18-9-11-19(12-10-18)24(29)27-17-21-7-5-14-26(21)16-20-6-3-4-8-22(20)27/h3-15H,16-17H2,1-2H3. The second-order valence-electron chi connectivity index (χ2n) is 7.37. The minimum Gasteiger partial charge on any atom is -0.383 e. The Kier molecular flexibility index (Phi) is 5.04. The number of nitrogens with zero attached hydrogens (tertiary/aromatic N) is 3. The van der Waals surface area contributed by atoms with Gasteiger partial charge in [0.05, 0.1) is 6.54 Å². The average molecular weight is 385 g/mol. The molecule has 5 nitrogen and oxygen atoms in total. The van der Waals surface area contributed by atoms with Crippen molar-refractivity contribution in [3.05, 3.63) is 102 Å². The lowest BCUT2D eigenvalue weighted by Gasteiger charge is -2.23. The average Bonchev–Trinajstić information content (AvgIpc) is 3.10. The van der Waals surface area contributed by atoms with Gasteiger partial charge in [0.25, 0.3) is 5.91 Å². The molecule has 0 fully saturated rings. The lowest BCUT2D eigenvalue weighted by molar-refractivity contribution is 0.0982. The van der Waals surface area contributed by atoms with Gasteiger partial charge in [0.1, 0.15) is 0 Å². The monoisotopic (exact) mass is 385 g/mol. The first kappa shape index (κ1) is 18.7. The lowest BCUT2D eigenvalue weighted by Crippen LogP contribution is -2.30. The topological polar surface area (TPSA) is 45.6 Å². The van der Waals surface area contributed by atoms with Crippen molar-refractivity contribution < 1.29 is 9.59 Å². The van der Waals surface area contributed by atoms with Crippen molar-refractivity contribution in [1.82, 2.24) is 9.47 Å². The first-order valence-electron chi connectivity index (χ1n) is 9.56. The predicted octanol–water partition coefficient (Wildman–Crippen LogP) is 3.95. The number of benzene rings is 2. The smallest absolute Gasteiger partial charge is 0.258 e. The number of aromatic nitrogens is 1. The highest BCUT2D eigenvalue weighted by atomic mass is 16.2. The molecule has 0 spiro atoms. The normalized spacial score (nSPS) is 13.0. The fourth-order valence-corrected chi connectivity index (χ4v) is 3.51. The van der Waals surface area contributed by atoms with Gasteiger partial charge >= 0.3 is 0 Å². The zero-order valence-electron chi connectivity index (χ0n) is 16.6. The number of hydrogen-bond donors (Lipinski definition) is 0. The third-order valence-corrected chi connectivity index (χ3v) is 5.05. The van der Waals surface area contributed by atoms with E-state index in [1.807, 2.05) is 60.4 Å².